The average Bonchev–Trinajstić information content (AvgIpc) is 2.69. The van der Waals surface area contributed by atoms with Crippen LogP contribution in [0, 0.1) is 0 Å². The van der Waals surface area contributed by atoms with Gasteiger partial charge in [-0.05, 0) is 57.7 Å². The minimum absolute atomic E-state index is 0.474. The van der Waals surface area contributed by atoms with E-state index in [9.17, 15) is 0 Å². The quantitative estimate of drug-likeness (QED) is 0.772. The third kappa shape index (κ3) is 2.90. The lowest BCUT2D eigenvalue weighted by Crippen LogP contribution is -2.46. The minimum atomic E-state index is 0.474. The summed E-state index contributed by atoms with van der Waals surface area (Å²) in [6, 6.07) is 0. The highest BCUT2D eigenvalue weighted by molar-refractivity contribution is 8.00. The molecule has 0 saturated carbocycles. The summed E-state index contributed by atoms with van der Waals surface area (Å²) in [5.41, 5.74) is 0.474. The van der Waals surface area contributed by atoms with Crippen LogP contribution in [0.1, 0.15) is 51.9 Å². The maximum absolute atomic E-state index is 3.71. The molecule has 2 heterocycles. The van der Waals surface area contributed by atoms with Gasteiger partial charge in [0, 0.05) is 10.8 Å². The zero-order valence-electron chi connectivity index (χ0n) is 9.35. The van der Waals surface area contributed by atoms with Crippen molar-refractivity contribution in [2.45, 2.75) is 62.7 Å². The molecule has 2 heteroatoms. The lowest BCUT2D eigenvalue weighted by atomic mass is 9.86. The predicted octanol–water partition coefficient (Wildman–Crippen LogP) is 3.19. The van der Waals surface area contributed by atoms with Crippen molar-refractivity contribution in [2.75, 3.05) is 12.3 Å². The van der Waals surface area contributed by atoms with Crippen LogP contribution in [0.4, 0.5) is 0 Å². The number of nitrogens with one attached hydrogen (secondary N) is 1. The second-order valence-corrected chi connectivity index (χ2v) is 6.53. The van der Waals surface area contributed by atoms with Gasteiger partial charge in [-0.3, -0.25) is 0 Å². The first-order valence-electron chi connectivity index (χ1n) is 6.15. The fraction of sp³-hybridized carbons (Fsp3) is 1.00. The van der Waals surface area contributed by atoms with E-state index in [0.717, 1.165) is 5.25 Å². The van der Waals surface area contributed by atoms with E-state index < -0.39 is 0 Å². The molecule has 0 aromatic carbocycles. The Morgan fingerprint density at radius 3 is 2.93 bits per heavy atom. The fourth-order valence-corrected chi connectivity index (χ4v) is 3.97. The minimum Gasteiger partial charge on any atom is -0.312 e. The van der Waals surface area contributed by atoms with Crippen molar-refractivity contribution >= 4 is 11.8 Å². The fourth-order valence-electron chi connectivity index (χ4n) is 2.68. The lowest BCUT2D eigenvalue weighted by Gasteiger charge is -2.35. The van der Waals surface area contributed by atoms with Gasteiger partial charge in [0.05, 0.1) is 0 Å². The van der Waals surface area contributed by atoms with Crippen molar-refractivity contribution in [3.8, 4) is 0 Å². The largest absolute Gasteiger partial charge is 0.312 e. The molecule has 2 saturated heterocycles. The molecule has 2 aliphatic rings. The number of thioether (sulfide) groups is 1. The Morgan fingerprint density at radius 2 is 2.29 bits per heavy atom. The van der Waals surface area contributed by atoms with E-state index in [0.29, 0.717) is 5.54 Å². The van der Waals surface area contributed by atoms with Crippen LogP contribution in [0.2, 0.25) is 0 Å². The molecule has 2 atom stereocenters. The SMILES string of the molecule is CC1(CCC2CCCS2)CCCCN1. The molecular weight excluding hydrogens is 190 g/mol. The van der Waals surface area contributed by atoms with Gasteiger partial charge < -0.3 is 5.32 Å². The molecule has 2 aliphatic heterocycles. The molecule has 2 unspecified atom stereocenters. The number of rotatable bonds is 3. The molecular formula is C12H23NS. The molecule has 0 aromatic heterocycles. The van der Waals surface area contributed by atoms with Crippen molar-refractivity contribution in [3.63, 3.8) is 0 Å². The zero-order valence-corrected chi connectivity index (χ0v) is 10.2. The summed E-state index contributed by atoms with van der Waals surface area (Å²) in [6.45, 7) is 3.67. The highest BCUT2D eigenvalue weighted by Gasteiger charge is 2.27. The van der Waals surface area contributed by atoms with E-state index in [1.807, 2.05) is 0 Å². The molecule has 0 spiro atoms. The molecule has 0 aliphatic carbocycles. The molecule has 0 radical (unpaired) electrons. The van der Waals surface area contributed by atoms with Gasteiger partial charge in [-0.1, -0.05) is 6.42 Å². The molecule has 14 heavy (non-hydrogen) atoms. The average molecular weight is 213 g/mol. The predicted molar refractivity (Wildman–Crippen MR) is 65.0 cm³/mol. The van der Waals surface area contributed by atoms with Gasteiger partial charge in [0.1, 0.15) is 0 Å². The van der Waals surface area contributed by atoms with E-state index in [2.05, 4.69) is 24.0 Å². The van der Waals surface area contributed by atoms with Crippen molar-refractivity contribution in [2.24, 2.45) is 0 Å². The summed E-state index contributed by atoms with van der Waals surface area (Å²) in [6.07, 6.45) is 9.97. The Labute approximate surface area is 92.4 Å². The van der Waals surface area contributed by atoms with Crippen LogP contribution in [-0.4, -0.2) is 23.1 Å². The first-order chi connectivity index (χ1) is 6.79. The molecule has 0 amide bonds. The van der Waals surface area contributed by atoms with Gasteiger partial charge in [0.15, 0.2) is 0 Å². The second kappa shape index (κ2) is 4.89. The van der Waals surface area contributed by atoms with Gasteiger partial charge in [-0.2, -0.15) is 11.8 Å². The van der Waals surface area contributed by atoms with E-state index in [1.165, 1.54) is 57.2 Å². The number of hydrogen-bond acceptors (Lipinski definition) is 2. The summed E-state index contributed by atoms with van der Waals surface area (Å²) in [4.78, 5) is 0. The number of piperidine rings is 1. The third-order valence-corrected chi connectivity index (χ3v) is 5.22. The maximum Gasteiger partial charge on any atom is 0.0153 e. The third-order valence-electron chi connectivity index (χ3n) is 3.75. The van der Waals surface area contributed by atoms with E-state index in [-0.39, 0.29) is 0 Å². The van der Waals surface area contributed by atoms with Gasteiger partial charge in [-0.15, -0.1) is 0 Å². The van der Waals surface area contributed by atoms with E-state index in [4.69, 9.17) is 0 Å². The highest BCUT2D eigenvalue weighted by Crippen LogP contribution is 2.33. The van der Waals surface area contributed by atoms with E-state index in [1.54, 1.807) is 0 Å². The molecule has 2 fully saturated rings. The number of hydrogen-bond donors (Lipinski definition) is 1. The van der Waals surface area contributed by atoms with Crippen LogP contribution in [0.5, 0.6) is 0 Å². The first kappa shape index (κ1) is 10.8. The van der Waals surface area contributed by atoms with Crippen LogP contribution in [0.3, 0.4) is 0 Å². The highest BCUT2D eigenvalue weighted by atomic mass is 32.2. The van der Waals surface area contributed by atoms with Crippen LogP contribution in [0.15, 0.2) is 0 Å². The maximum atomic E-state index is 3.71. The standard InChI is InChI=1S/C12H23NS/c1-12(7-2-3-9-13-12)8-6-11-5-4-10-14-11/h11,13H,2-10H2,1H3. The molecule has 1 N–H and O–H groups in total. The van der Waals surface area contributed by atoms with Crippen molar-refractivity contribution in [1.29, 1.82) is 0 Å². The second-order valence-electron chi connectivity index (χ2n) is 5.12. The van der Waals surface area contributed by atoms with Gasteiger partial charge in [0.2, 0.25) is 0 Å². The van der Waals surface area contributed by atoms with Crippen LogP contribution in [0.25, 0.3) is 0 Å². The molecule has 82 valence electrons. The Morgan fingerprint density at radius 1 is 1.36 bits per heavy atom. The van der Waals surface area contributed by atoms with Crippen molar-refractivity contribution in [1.82, 2.24) is 5.32 Å². The smallest absolute Gasteiger partial charge is 0.0153 e. The van der Waals surface area contributed by atoms with Gasteiger partial charge >= 0.3 is 0 Å². The normalized spacial score (nSPS) is 38.8. The zero-order chi connectivity index (χ0) is 9.86. The Kier molecular flexibility index (Phi) is 3.78. The van der Waals surface area contributed by atoms with E-state index >= 15 is 0 Å². The summed E-state index contributed by atoms with van der Waals surface area (Å²) in [7, 11) is 0. The summed E-state index contributed by atoms with van der Waals surface area (Å²) in [5, 5.41) is 4.69. The van der Waals surface area contributed by atoms with Gasteiger partial charge in [-0.25, -0.2) is 0 Å². The molecule has 0 aromatic rings. The van der Waals surface area contributed by atoms with Crippen molar-refractivity contribution in [3.05, 3.63) is 0 Å². The molecule has 2 rings (SSSR count). The molecule has 1 nitrogen and oxygen atoms in total. The summed E-state index contributed by atoms with van der Waals surface area (Å²) >= 11 is 2.20. The van der Waals surface area contributed by atoms with Crippen LogP contribution >= 0.6 is 11.8 Å². The molecule has 0 bridgehead atoms. The monoisotopic (exact) mass is 213 g/mol. The Hall–Kier alpha value is 0.310. The van der Waals surface area contributed by atoms with Gasteiger partial charge in [0.25, 0.3) is 0 Å². The lowest BCUT2D eigenvalue weighted by molar-refractivity contribution is 0.255. The van der Waals surface area contributed by atoms with Crippen molar-refractivity contribution < 1.29 is 0 Å². The summed E-state index contributed by atoms with van der Waals surface area (Å²) < 4.78 is 0. The van der Waals surface area contributed by atoms with Crippen LogP contribution < -0.4 is 5.32 Å². The van der Waals surface area contributed by atoms with Crippen LogP contribution in [-0.2, 0) is 0 Å². The Bertz CT molecular complexity index is 169. The Balaban J connectivity index is 1.72. The first-order valence-corrected chi connectivity index (χ1v) is 7.20. The topological polar surface area (TPSA) is 12.0 Å². The summed E-state index contributed by atoms with van der Waals surface area (Å²) in [5.74, 6) is 1.41.